The molecule has 4 heteroatoms. The summed E-state index contributed by atoms with van der Waals surface area (Å²) in [7, 11) is 0. The molecule has 0 aromatic rings. The van der Waals surface area contributed by atoms with Crippen molar-refractivity contribution in [1.82, 2.24) is 0 Å². The summed E-state index contributed by atoms with van der Waals surface area (Å²) in [4.78, 5) is 0. The van der Waals surface area contributed by atoms with Crippen LogP contribution in [0.1, 0.15) is 64.7 Å². The topological polar surface area (TPSA) is 0 Å². The molecule has 0 spiro atoms. The van der Waals surface area contributed by atoms with Crippen LogP contribution in [0.2, 0.25) is 0 Å². The predicted molar refractivity (Wildman–Crippen MR) is 74.8 cm³/mol. The molecule has 0 bridgehead atoms. The molecule has 0 N–H and O–H groups in total. The molecule has 0 rings (SSSR count). The van der Waals surface area contributed by atoms with Crippen molar-refractivity contribution in [2.75, 3.05) is 0 Å². The molecule has 0 aliphatic carbocycles. The lowest BCUT2D eigenvalue weighted by atomic mass is 10.1. The lowest BCUT2D eigenvalue weighted by molar-refractivity contribution is 0.576. The number of hydrogen-bond donors (Lipinski definition) is 0. The standard InChI is InChI=1S/C11H22Cl3Si/c1-2-3-4-5-6-7-8-9-10-11-15(12,13)14/h11H,2-10H2,1H3. The zero-order chi connectivity index (χ0) is 11.6. The van der Waals surface area contributed by atoms with Crippen LogP contribution >= 0.6 is 33.2 Å². The van der Waals surface area contributed by atoms with Gasteiger partial charge in [0.05, 0.1) is 0 Å². The van der Waals surface area contributed by atoms with Crippen molar-refractivity contribution >= 4 is 39.2 Å². The number of unbranched alkanes of at least 4 members (excludes halogenated alkanes) is 8. The Balaban J connectivity index is 2.99. The van der Waals surface area contributed by atoms with Crippen molar-refractivity contribution in [3.63, 3.8) is 0 Å². The third kappa shape index (κ3) is 15.1. The molecule has 91 valence electrons. The van der Waals surface area contributed by atoms with Crippen LogP contribution in [0.15, 0.2) is 0 Å². The van der Waals surface area contributed by atoms with E-state index in [1.807, 2.05) is 6.04 Å². The molecule has 1 radical (unpaired) electrons. The van der Waals surface area contributed by atoms with Gasteiger partial charge in [0.1, 0.15) is 0 Å². The second kappa shape index (κ2) is 10.3. The normalized spacial score (nSPS) is 12.0. The van der Waals surface area contributed by atoms with Gasteiger partial charge < -0.3 is 0 Å². The fourth-order valence-electron chi connectivity index (χ4n) is 1.54. The van der Waals surface area contributed by atoms with Crippen LogP contribution in [0.25, 0.3) is 0 Å². The Hall–Kier alpha value is 1.09. The predicted octanol–water partition coefficient (Wildman–Crippen LogP) is 5.92. The quantitative estimate of drug-likeness (QED) is 0.266. The van der Waals surface area contributed by atoms with Crippen LogP contribution < -0.4 is 0 Å². The minimum absolute atomic E-state index is 0.970. The number of rotatable bonds is 10. The van der Waals surface area contributed by atoms with Crippen LogP contribution in [0, 0.1) is 6.04 Å². The summed E-state index contributed by atoms with van der Waals surface area (Å²) >= 11 is 17.2. The van der Waals surface area contributed by atoms with Gasteiger partial charge >= 0.3 is 6.00 Å². The lowest BCUT2D eigenvalue weighted by Gasteiger charge is -2.06. The summed E-state index contributed by atoms with van der Waals surface area (Å²) in [6.07, 6.45) is 11.6. The van der Waals surface area contributed by atoms with E-state index >= 15 is 0 Å². The van der Waals surface area contributed by atoms with E-state index in [1.165, 1.54) is 51.4 Å². The van der Waals surface area contributed by atoms with Crippen LogP contribution in [-0.4, -0.2) is 6.00 Å². The van der Waals surface area contributed by atoms with Crippen molar-refractivity contribution in [3.05, 3.63) is 6.04 Å². The highest BCUT2D eigenvalue weighted by Crippen LogP contribution is 2.25. The Bertz CT molecular complexity index is 134. The van der Waals surface area contributed by atoms with Gasteiger partial charge in [0.2, 0.25) is 0 Å². The highest BCUT2D eigenvalue weighted by atomic mass is 35.8. The number of halogens is 3. The molecule has 0 saturated carbocycles. The molecule has 0 aromatic heterocycles. The first-order valence-electron chi connectivity index (χ1n) is 5.97. The fourth-order valence-corrected chi connectivity index (χ4v) is 3.06. The maximum Gasteiger partial charge on any atom is 0.344 e. The van der Waals surface area contributed by atoms with E-state index in [1.54, 1.807) is 0 Å². The summed E-state index contributed by atoms with van der Waals surface area (Å²) < 4.78 is 0. The Morgan fingerprint density at radius 3 is 1.73 bits per heavy atom. The van der Waals surface area contributed by atoms with E-state index in [-0.39, 0.29) is 0 Å². The molecule has 0 nitrogen and oxygen atoms in total. The van der Waals surface area contributed by atoms with Crippen molar-refractivity contribution in [1.29, 1.82) is 0 Å². The summed E-state index contributed by atoms with van der Waals surface area (Å²) in [6.45, 7) is 2.25. The van der Waals surface area contributed by atoms with Gasteiger partial charge in [0.25, 0.3) is 0 Å². The third-order valence-electron chi connectivity index (χ3n) is 2.43. The summed E-state index contributed by atoms with van der Waals surface area (Å²) in [5.74, 6) is 0. The third-order valence-corrected chi connectivity index (χ3v) is 4.57. The largest absolute Gasteiger partial charge is 0.344 e. The minimum Gasteiger partial charge on any atom is -0.126 e. The summed E-state index contributed by atoms with van der Waals surface area (Å²) in [6, 6.07) is -0.554. The van der Waals surface area contributed by atoms with Crippen molar-refractivity contribution in [2.45, 2.75) is 64.7 Å². The molecule has 15 heavy (non-hydrogen) atoms. The smallest absolute Gasteiger partial charge is 0.126 e. The van der Waals surface area contributed by atoms with Crippen molar-refractivity contribution < 1.29 is 0 Å². The second-order valence-corrected chi connectivity index (χ2v) is 12.6. The van der Waals surface area contributed by atoms with Gasteiger partial charge in [0, 0.05) is 0 Å². The van der Waals surface area contributed by atoms with Crippen LogP contribution in [0.4, 0.5) is 0 Å². The molecule has 0 aromatic carbocycles. The first-order chi connectivity index (χ1) is 7.06. The molecular formula is C11H22Cl3Si. The average Bonchev–Trinajstić information content (AvgIpc) is 2.14. The van der Waals surface area contributed by atoms with Gasteiger partial charge in [-0.05, 0) is 12.5 Å². The maximum atomic E-state index is 5.74. The Kier molecular flexibility index (Phi) is 11.0. The molecule has 0 saturated heterocycles. The average molecular weight is 289 g/mol. The molecule has 0 amide bonds. The number of hydrogen-bond acceptors (Lipinski definition) is 0. The van der Waals surface area contributed by atoms with Crippen LogP contribution in [-0.2, 0) is 0 Å². The molecular weight excluding hydrogens is 267 g/mol. The minimum atomic E-state index is -2.45. The van der Waals surface area contributed by atoms with Gasteiger partial charge in [-0.3, -0.25) is 0 Å². The molecule has 0 fully saturated rings. The monoisotopic (exact) mass is 287 g/mol. The highest BCUT2D eigenvalue weighted by molar-refractivity contribution is 7.66. The van der Waals surface area contributed by atoms with Gasteiger partial charge in [-0.1, -0.05) is 58.3 Å². The van der Waals surface area contributed by atoms with E-state index in [4.69, 9.17) is 33.2 Å². The van der Waals surface area contributed by atoms with E-state index in [9.17, 15) is 0 Å². The van der Waals surface area contributed by atoms with Crippen LogP contribution in [0.3, 0.4) is 0 Å². The van der Waals surface area contributed by atoms with Crippen molar-refractivity contribution in [3.8, 4) is 0 Å². The Morgan fingerprint density at radius 2 is 1.27 bits per heavy atom. The molecule has 0 unspecified atom stereocenters. The van der Waals surface area contributed by atoms with E-state index in [0.29, 0.717) is 0 Å². The van der Waals surface area contributed by atoms with E-state index in [2.05, 4.69) is 6.92 Å². The van der Waals surface area contributed by atoms with Gasteiger partial charge in [-0.15, -0.1) is 33.2 Å². The van der Waals surface area contributed by atoms with E-state index < -0.39 is 6.00 Å². The molecule has 0 aliphatic rings. The molecule has 0 atom stereocenters. The van der Waals surface area contributed by atoms with Crippen molar-refractivity contribution in [2.24, 2.45) is 0 Å². The zero-order valence-corrected chi connectivity index (χ0v) is 12.8. The van der Waals surface area contributed by atoms with Gasteiger partial charge in [0.15, 0.2) is 0 Å². The van der Waals surface area contributed by atoms with E-state index in [0.717, 1.165) is 6.42 Å². The summed E-state index contributed by atoms with van der Waals surface area (Å²) in [5, 5.41) is 0. The molecule has 0 heterocycles. The van der Waals surface area contributed by atoms with Crippen LogP contribution in [0.5, 0.6) is 0 Å². The first-order valence-corrected chi connectivity index (χ1v) is 11.1. The molecule has 0 aliphatic heterocycles. The SMILES string of the molecule is CCCCCCCCCC[CH][Si](Cl)(Cl)Cl. The lowest BCUT2D eigenvalue weighted by Crippen LogP contribution is -2.10. The first kappa shape index (κ1) is 16.1. The Labute approximate surface area is 110 Å². The zero-order valence-electron chi connectivity index (χ0n) is 9.58. The Morgan fingerprint density at radius 1 is 0.800 bits per heavy atom. The second-order valence-electron chi connectivity index (χ2n) is 4.01. The van der Waals surface area contributed by atoms with Gasteiger partial charge in [-0.2, -0.15) is 0 Å². The fraction of sp³-hybridized carbons (Fsp3) is 0.909. The summed E-state index contributed by atoms with van der Waals surface area (Å²) in [5.41, 5.74) is 0. The maximum absolute atomic E-state index is 5.74. The van der Waals surface area contributed by atoms with Gasteiger partial charge in [-0.25, -0.2) is 0 Å². The highest BCUT2D eigenvalue weighted by Gasteiger charge is 2.23.